The normalized spacial score (nSPS) is 29.2. The van der Waals surface area contributed by atoms with Crippen molar-refractivity contribution < 1.29 is 9.90 Å². The second-order valence-corrected chi connectivity index (χ2v) is 6.27. The van der Waals surface area contributed by atoms with E-state index >= 15 is 0 Å². The van der Waals surface area contributed by atoms with Gasteiger partial charge < -0.3 is 10.8 Å². The average molecular weight is 254 g/mol. The van der Waals surface area contributed by atoms with Gasteiger partial charge in [-0.15, -0.1) is 11.3 Å². The standard InChI is InChI=1S/C12H18N2O2S/c1-7-3-5-12(13,6-4-7)11-14-9(10(15)16)8(2)17-11/h7H,3-6,13H2,1-2H3,(H,15,16). The number of nitrogens with two attached hydrogens (primary N) is 1. The van der Waals surface area contributed by atoms with Gasteiger partial charge in [0.15, 0.2) is 5.69 Å². The van der Waals surface area contributed by atoms with Crippen molar-refractivity contribution in [3.63, 3.8) is 0 Å². The first kappa shape index (κ1) is 12.5. The largest absolute Gasteiger partial charge is 0.476 e. The summed E-state index contributed by atoms with van der Waals surface area (Å²) in [5.74, 6) is -0.246. The molecule has 3 N–H and O–H groups in total. The van der Waals surface area contributed by atoms with Gasteiger partial charge in [-0.3, -0.25) is 0 Å². The van der Waals surface area contributed by atoms with Gasteiger partial charge in [-0.05, 0) is 38.5 Å². The minimum atomic E-state index is -0.960. The smallest absolute Gasteiger partial charge is 0.355 e. The minimum absolute atomic E-state index is 0.161. The van der Waals surface area contributed by atoms with Gasteiger partial charge in [0.2, 0.25) is 0 Å². The molecule has 1 fully saturated rings. The van der Waals surface area contributed by atoms with E-state index in [0.29, 0.717) is 5.92 Å². The average Bonchev–Trinajstić information content (AvgIpc) is 2.66. The van der Waals surface area contributed by atoms with Crippen LogP contribution in [0.3, 0.4) is 0 Å². The molecule has 94 valence electrons. The van der Waals surface area contributed by atoms with Crippen molar-refractivity contribution in [3.05, 3.63) is 15.6 Å². The monoisotopic (exact) mass is 254 g/mol. The van der Waals surface area contributed by atoms with E-state index in [1.165, 1.54) is 11.3 Å². The highest BCUT2D eigenvalue weighted by Crippen LogP contribution is 2.39. The Morgan fingerprint density at radius 2 is 2.12 bits per heavy atom. The highest BCUT2D eigenvalue weighted by atomic mass is 32.1. The predicted octanol–water partition coefficient (Wildman–Crippen LogP) is 2.51. The summed E-state index contributed by atoms with van der Waals surface area (Å²) in [6.07, 6.45) is 4.00. The van der Waals surface area contributed by atoms with Gasteiger partial charge in [-0.1, -0.05) is 6.92 Å². The first-order valence-corrected chi connectivity index (χ1v) is 6.74. The summed E-state index contributed by atoms with van der Waals surface area (Å²) >= 11 is 1.43. The van der Waals surface area contributed by atoms with Crippen LogP contribution in [-0.4, -0.2) is 16.1 Å². The fraction of sp³-hybridized carbons (Fsp3) is 0.667. The second kappa shape index (κ2) is 4.38. The van der Waals surface area contributed by atoms with E-state index in [1.807, 2.05) is 0 Å². The zero-order chi connectivity index (χ0) is 12.6. The van der Waals surface area contributed by atoms with Crippen molar-refractivity contribution in [1.82, 2.24) is 4.98 Å². The van der Waals surface area contributed by atoms with Crippen LogP contribution in [0.1, 0.15) is 53.0 Å². The van der Waals surface area contributed by atoms with Crippen molar-refractivity contribution in [3.8, 4) is 0 Å². The number of thiazole rings is 1. The van der Waals surface area contributed by atoms with Crippen molar-refractivity contribution in [2.75, 3.05) is 0 Å². The van der Waals surface area contributed by atoms with Gasteiger partial charge in [0.25, 0.3) is 0 Å². The van der Waals surface area contributed by atoms with Crippen molar-refractivity contribution in [2.45, 2.75) is 45.1 Å². The van der Waals surface area contributed by atoms with E-state index in [2.05, 4.69) is 11.9 Å². The number of carbonyl (C=O) groups is 1. The molecule has 1 aliphatic rings. The van der Waals surface area contributed by atoms with E-state index in [1.54, 1.807) is 6.92 Å². The number of carboxylic acid groups (broad SMARTS) is 1. The number of rotatable bonds is 2. The lowest BCUT2D eigenvalue weighted by Gasteiger charge is -2.34. The van der Waals surface area contributed by atoms with Crippen molar-refractivity contribution in [2.24, 2.45) is 11.7 Å². The third-order valence-corrected chi connectivity index (χ3v) is 4.78. The topological polar surface area (TPSA) is 76.2 Å². The third-order valence-electron chi connectivity index (χ3n) is 3.59. The number of nitrogens with zero attached hydrogens (tertiary/aromatic N) is 1. The number of aromatic nitrogens is 1. The molecule has 0 aromatic carbocycles. The van der Waals surface area contributed by atoms with Crippen LogP contribution in [-0.2, 0) is 5.54 Å². The van der Waals surface area contributed by atoms with Gasteiger partial charge in [0, 0.05) is 4.88 Å². The molecule has 17 heavy (non-hydrogen) atoms. The number of aryl methyl sites for hydroxylation is 1. The van der Waals surface area contributed by atoms with Gasteiger partial charge in [-0.2, -0.15) is 0 Å². The predicted molar refractivity (Wildman–Crippen MR) is 67.3 cm³/mol. The molecule has 0 radical (unpaired) electrons. The van der Waals surface area contributed by atoms with Gasteiger partial charge in [0.05, 0.1) is 5.54 Å². The maximum atomic E-state index is 11.0. The van der Waals surface area contributed by atoms with E-state index in [-0.39, 0.29) is 5.69 Å². The molecule has 2 rings (SSSR count). The van der Waals surface area contributed by atoms with Gasteiger partial charge in [-0.25, -0.2) is 9.78 Å². The van der Waals surface area contributed by atoms with Crippen LogP contribution in [0.5, 0.6) is 0 Å². The molecule has 1 heterocycles. The molecule has 5 heteroatoms. The summed E-state index contributed by atoms with van der Waals surface area (Å²) in [6, 6.07) is 0. The van der Waals surface area contributed by atoms with Crippen LogP contribution in [0.2, 0.25) is 0 Å². The number of hydrogen-bond acceptors (Lipinski definition) is 4. The summed E-state index contributed by atoms with van der Waals surface area (Å²) in [6.45, 7) is 4.02. The fourth-order valence-electron chi connectivity index (χ4n) is 2.30. The molecule has 0 aliphatic heterocycles. The lowest BCUT2D eigenvalue weighted by molar-refractivity contribution is 0.0690. The maximum Gasteiger partial charge on any atom is 0.355 e. The SMILES string of the molecule is Cc1sc(C2(N)CCC(C)CC2)nc1C(=O)O. The van der Waals surface area contributed by atoms with Crippen molar-refractivity contribution >= 4 is 17.3 Å². The summed E-state index contributed by atoms with van der Waals surface area (Å²) < 4.78 is 0. The van der Waals surface area contributed by atoms with Crippen LogP contribution in [0.15, 0.2) is 0 Å². The quantitative estimate of drug-likeness (QED) is 0.850. The Labute approximate surface area is 105 Å². The molecule has 1 aromatic heterocycles. The summed E-state index contributed by atoms with van der Waals surface area (Å²) in [7, 11) is 0. The molecule has 0 amide bonds. The molecule has 0 unspecified atom stereocenters. The van der Waals surface area contributed by atoms with Crippen molar-refractivity contribution in [1.29, 1.82) is 0 Å². The van der Waals surface area contributed by atoms with Crippen LogP contribution < -0.4 is 5.73 Å². The summed E-state index contributed by atoms with van der Waals surface area (Å²) in [5.41, 5.74) is 6.13. The summed E-state index contributed by atoms with van der Waals surface area (Å²) in [4.78, 5) is 15.9. The van der Waals surface area contributed by atoms with Crippen LogP contribution in [0, 0.1) is 12.8 Å². The third kappa shape index (κ3) is 2.35. The Bertz CT molecular complexity index is 434. The molecular formula is C12H18N2O2S. The van der Waals surface area contributed by atoms with Crippen LogP contribution in [0.4, 0.5) is 0 Å². The van der Waals surface area contributed by atoms with Gasteiger partial charge >= 0.3 is 5.97 Å². The van der Waals surface area contributed by atoms with E-state index in [9.17, 15) is 4.79 Å². The molecule has 1 aromatic rings. The van der Waals surface area contributed by atoms with E-state index in [4.69, 9.17) is 10.8 Å². The zero-order valence-electron chi connectivity index (χ0n) is 10.2. The highest BCUT2D eigenvalue weighted by molar-refractivity contribution is 7.12. The molecule has 1 aliphatic carbocycles. The Hall–Kier alpha value is -0.940. The zero-order valence-corrected chi connectivity index (χ0v) is 11.0. The van der Waals surface area contributed by atoms with E-state index < -0.39 is 11.5 Å². The highest BCUT2D eigenvalue weighted by Gasteiger charge is 2.35. The van der Waals surface area contributed by atoms with Gasteiger partial charge in [0.1, 0.15) is 5.01 Å². The number of aromatic carboxylic acids is 1. The first-order chi connectivity index (χ1) is 7.92. The number of carboxylic acids is 1. The first-order valence-electron chi connectivity index (χ1n) is 5.92. The molecule has 0 saturated heterocycles. The molecule has 4 nitrogen and oxygen atoms in total. The number of hydrogen-bond donors (Lipinski definition) is 2. The fourth-order valence-corrected chi connectivity index (χ4v) is 3.36. The Morgan fingerprint density at radius 3 is 2.59 bits per heavy atom. The Morgan fingerprint density at radius 1 is 1.53 bits per heavy atom. The molecular weight excluding hydrogens is 236 g/mol. The molecule has 1 saturated carbocycles. The molecule has 0 bridgehead atoms. The van der Waals surface area contributed by atoms with E-state index in [0.717, 1.165) is 35.6 Å². The Kier molecular flexibility index (Phi) is 3.23. The lowest BCUT2D eigenvalue weighted by Crippen LogP contribution is -2.40. The second-order valence-electron chi connectivity index (χ2n) is 5.07. The summed E-state index contributed by atoms with van der Waals surface area (Å²) in [5, 5.41) is 9.80. The maximum absolute atomic E-state index is 11.0. The van der Waals surface area contributed by atoms with Crippen LogP contribution in [0.25, 0.3) is 0 Å². The lowest BCUT2D eigenvalue weighted by atomic mass is 9.78. The molecule has 0 atom stereocenters. The Balaban J connectivity index is 2.28. The molecule has 0 spiro atoms. The van der Waals surface area contributed by atoms with Crippen LogP contribution >= 0.6 is 11.3 Å². The minimum Gasteiger partial charge on any atom is -0.476 e.